The normalized spacial score (nSPS) is 13.0. The third kappa shape index (κ3) is 6.73. The Labute approximate surface area is 267 Å². The Morgan fingerprint density at radius 2 is 1.38 bits per heavy atom. The minimum absolute atomic E-state index is 0.235. The maximum atomic E-state index is 13.7. The molecular weight excluding hydrogens is 642 g/mol. The average molecular weight is 671 g/mol. The molecule has 4 aromatic rings. The van der Waals surface area contributed by atoms with Crippen LogP contribution in [0.3, 0.4) is 0 Å². The van der Waals surface area contributed by atoms with E-state index in [1.54, 1.807) is 104 Å². The van der Waals surface area contributed by atoms with Crippen molar-refractivity contribution in [2.45, 2.75) is 6.92 Å². The minimum atomic E-state index is -0.786. The highest BCUT2D eigenvalue weighted by Crippen LogP contribution is 2.38. The number of rotatable bonds is 10. The predicted molar refractivity (Wildman–Crippen MR) is 174 cm³/mol. The van der Waals surface area contributed by atoms with E-state index < -0.39 is 23.8 Å². The fraction of sp³-hybridized carbons (Fsp3) is 0.118. The van der Waals surface area contributed by atoms with Crippen LogP contribution in [-0.4, -0.2) is 44.1 Å². The van der Waals surface area contributed by atoms with Crippen LogP contribution in [0.5, 0.6) is 17.2 Å². The SMILES string of the molecule is CCOc1cc(C=C2C(=O)N(c3ccccc3)C(=O)N(c3ccccc3)C2=O)cc(Br)c1OCC(=O)Nc1ccccc1OC. The lowest BCUT2D eigenvalue weighted by atomic mass is 10.0. The van der Waals surface area contributed by atoms with Crippen LogP contribution in [0.1, 0.15) is 12.5 Å². The molecule has 11 heteroatoms. The van der Waals surface area contributed by atoms with Crippen LogP contribution in [0.4, 0.5) is 21.9 Å². The Morgan fingerprint density at radius 3 is 1.96 bits per heavy atom. The van der Waals surface area contributed by atoms with E-state index in [9.17, 15) is 19.2 Å². The van der Waals surface area contributed by atoms with Crippen LogP contribution in [0.2, 0.25) is 0 Å². The second-order valence-corrected chi connectivity index (χ2v) is 10.4. The van der Waals surface area contributed by atoms with E-state index in [1.807, 2.05) is 0 Å². The quantitative estimate of drug-likeness (QED) is 0.152. The summed E-state index contributed by atoms with van der Waals surface area (Å²) < 4.78 is 17.3. The molecule has 0 saturated carbocycles. The highest BCUT2D eigenvalue weighted by atomic mass is 79.9. The van der Waals surface area contributed by atoms with E-state index in [2.05, 4.69) is 21.2 Å². The Bertz CT molecular complexity index is 1710. The minimum Gasteiger partial charge on any atom is -0.495 e. The number of carbonyl (C=O) groups excluding carboxylic acids is 4. The number of para-hydroxylation sites is 4. The van der Waals surface area contributed by atoms with Gasteiger partial charge in [0.15, 0.2) is 18.1 Å². The summed E-state index contributed by atoms with van der Waals surface area (Å²) in [6.07, 6.45) is 1.40. The average Bonchev–Trinajstić information content (AvgIpc) is 3.04. The van der Waals surface area contributed by atoms with Gasteiger partial charge in [-0.05, 0) is 83.0 Å². The van der Waals surface area contributed by atoms with E-state index in [4.69, 9.17) is 14.2 Å². The highest BCUT2D eigenvalue weighted by Gasteiger charge is 2.43. The second-order valence-electron chi connectivity index (χ2n) is 9.59. The molecule has 0 unspecified atom stereocenters. The van der Waals surface area contributed by atoms with Crippen molar-refractivity contribution in [3.05, 3.63) is 113 Å². The molecular formula is C34H28BrN3O7. The van der Waals surface area contributed by atoms with Gasteiger partial charge in [-0.1, -0.05) is 48.5 Å². The number of methoxy groups -OCH3 is 1. The monoisotopic (exact) mass is 669 g/mol. The van der Waals surface area contributed by atoms with Crippen LogP contribution >= 0.6 is 15.9 Å². The number of nitrogens with zero attached hydrogens (tertiary/aromatic N) is 2. The fourth-order valence-corrected chi connectivity index (χ4v) is 5.23. The summed E-state index contributed by atoms with van der Waals surface area (Å²) in [5, 5.41) is 2.75. The van der Waals surface area contributed by atoms with Crippen molar-refractivity contribution in [3.63, 3.8) is 0 Å². The molecule has 1 aliphatic rings. The Morgan fingerprint density at radius 1 is 0.800 bits per heavy atom. The molecule has 5 amide bonds. The number of ether oxygens (including phenoxy) is 3. The summed E-state index contributed by atoms with van der Waals surface area (Å²) in [5.74, 6) is -0.941. The van der Waals surface area contributed by atoms with Gasteiger partial charge in [-0.3, -0.25) is 14.4 Å². The van der Waals surface area contributed by atoms with Crippen LogP contribution in [-0.2, 0) is 14.4 Å². The van der Waals surface area contributed by atoms with Gasteiger partial charge in [0.05, 0.1) is 35.3 Å². The fourth-order valence-electron chi connectivity index (χ4n) is 4.65. The summed E-state index contributed by atoms with van der Waals surface area (Å²) in [6, 6.07) is 26.2. The van der Waals surface area contributed by atoms with Crippen LogP contribution in [0, 0.1) is 0 Å². The number of urea groups is 1. The van der Waals surface area contributed by atoms with Crippen molar-refractivity contribution in [1.29, 1.82) is 0 Å². The highest BCUT2D eigenvalue weighted by molar-refractivity contribution is 9.10. The van der Waals surface area contributed by atoms with E-state index in [0.717, 1.165) is 9.80 Å². The van der Waals surface area contributed by atoms with Crippen molar-refractivity contribution in [2.75, 3.05) is 35.4 Å². The van der Waals surface area contributed by atoms with Gasteiger partial charge in [-0.15, -0.1) is 0 Å². The zero-order chi connectivity index (χ0) is 31.9. The molecule has 0 radical (unpaired) electrons. The molecule has 0 spiro atoms. The summed E-state index contributed by atoms with van der Waals surface area (Å²) in [7, 11) is 1.51. The molecule has 1 aliphatic heterocycles. The van der Waals surface area contributed by atoms with Crippen LogP contribution in [0.15, 0.2) is 107 Å². The molecule has 0 aliphatic carbocycles. The van der Waals surface area contributed by atoms with Crippen molar-refractivity contribution >= 4 is 62.8 Å². The van der Waals surface area contributed by atoms with Crippen molar-refractivity contribution in [2.24, 2.45) is 0 Å². The maximum absolute atomic E-state index is 13.7. The number of benzene rings is 4. The predicted octanol–water partition coefficient (Wildman–Crippen LogP) is 6.46. The lowest BCUT2D eigenvalue weighted by Gasteiger charge is -2.34. The first-order chi connectivity index (χ1) is 21.8. The number of hydrogen-bond acceptors (Lipinski definition) is 7. The molecule has 10 nitrogen and oxygen atoms in total. The van der Waals surface area contributed by atoms with Crippen molar-refractivity contribution < 1.29 is 33.4 Å². The largest absolute Gasteiger partial charge is 0.495 e. The van der Waals surface area contributed by atoms with E-state index in [0.29, 0.717) is 32.8 Å². The van der Waals surface area contributed by atoms with E-state index >= 15 is 0 Å². The standard InChI is InChI=1S/C34H28BrN3O7/c1-3-44-29-20-22(19-26(35)31(29)45-21-30(39)36-27-16-10-11-17-28(27)43-2)18-25-32(40)37(23-12-6-4-7-13-23)34(42)38(33(25)41)24-14-8-5-9-15-24/h4-20H,3,21H2,1-2H3,(H,36,39). The number of amides is 5. The molecule has 0 bridgehead atoms. The molecule has 228 valence electrons. The molecule has 1 fully saturated rings. The molecule has 1 heterocycles. The topological polar surface area (TPSA) is 114 Å². The summed E-state index contributed by atoms with van der Waals surface area (Å²) in [5.41, 5.74) is 1.31. The number of barbiturate groups is 1. The number of imide groups is 2. The van der Waals surface area contributed by atoms with E-state index in [1.165, 1.54) is 13.2 Å². The van der Waals surface area contributed by atoms with Gasteiger partial charge in [0, 0.05) is 0 Å². The van der Waals surface area contributed by atoms with Crippen LogP contribution < -0.4 is 29.3 Å². The Kier molecular flexibility index (Phi) is 9.59. The molecule has 4 aromatic carbocycles. The van der Waals surface area contributed by atoms with Gasteiger partial charge < -0.3 is 19.5 Å². The maximum Gasteiger partial charge on any atom is 0.343 e. The zero-order valence-corrected chi connectivity index (χ0v) is 25.9. The first kappa shape index (κ1) is 31.0. The molecule has 5 rings (SSSR count). The van der Waals surface area contributed by atoms with Gasteiger partial charge in [0.25, 0.3) is 17.7 Å². The second kappa shape index (κ2) is 13.9. The van der Waals surface area contributed by atoms with Gasteiger partial charge in [0.1, 0.15) is 11.3 Å². The zero-order valence-electron chi connectivity index (χ0n) is 24.4. The van der Waals surface area contributed by atoms with Crippen LogP contribution in [0.25, 0.3) is 6.08 Å². The molecule has 0 aromatic heterocycles. The lowest BCUT2D eigenvalue weighted by Crippen LogP contribution is -2.57. The summed E-state index contributed by atoms with van der Waals surface area (Å²) in [6.45, 7) is 1.72. The number of anilines is 3. The molecule has 45 heavy (non-hydrogen) atoms. The Hall–Kier alpha value is -5.42. The third-order valence-electron chi connectivity index (χ3n) is 6.65. The molecule has 1 saturated heterocycles. The van der Waals surface area contributed by atoms with E-state index in [-0.39, 0.29) is 30.3 Å². The third-order valence-corrected chi connectivity index (χ3v) is 7.24. The van der Waals surface area contributed by atoms with Gasteiger partial charge >= 0.3 is 6.03 Å². The van der Waals surface area contributed by atoms with Gasteiger partial charge in [-0.25, -0.2) is 14.6 Å². The first-order valence-electron chi connectivity index (χ1n) is 13.9. The van der Waals surface area contributed by atoms with Crippen molar-refractivity contribution in [1.82, 2.24) is 0 Å². The van der Waals surface area contributed by atoms with Gasteiger partial charge in [-0.2, -0.15) is 0 Å². The number of nitrogens with one attached hydrogen (secondary N) is 1. The number of hydrogen-bond donors (Lipinski definition) is 1. The lowest BCUT2D eigenvalue weighted by molar-refractivity contribution is -0.121. The first-order valence-corrected chi connectivity index (χ1v) is 14.7. The Balaban J connectivity index is 1.47. The summed E-state index contributed by atoms with van der Waals surface area (Å²) >= 11 is 3.48. The molecule has 1 N–H and O–H groups in total. The summed E-state index contributed by atoms with van der Waals surface area (Å²) in [4.78, 5) is 55.7. The van der Waals surface area contributed by atoms with Crippen molar-refractivity contribution in [3.8, 4) is 17.2 Å². The number of halogens is 1. The van der Waals surface area contributed by atoms with Gasteiger partial charge in [0.2, 0.25) is 0 Å². The molecule has 0 atom stereocenters. The number of carbonyl (C=O) groups is 4. The smallest absolute Gasteiger partial charge is 0.343 e.